The van der Waals surface area contributed by atoms with Crippen molar-refractivity contribution >= 4 is 0 Å². The third kappa shape index (κ3) is 2.19. The second-order valence-corrected chi connectivity index (χ2v) is 4.71. The molecule has 0 fully saturated rings. The van der Waals surface area contributed by atoms with Crippen molar-refractivity contribution in [2.75, 3.05) is 0 Å². The number of ether oxygens (including phenoxy) is 1. The van der Waals surface area contributed by atoms with Gasteiger partial charge in [-0.25, -0.2) is 0 Å². The van der Waals surface area contributed by atoms with E-state index in [-0.39, 0.29) is 5.75 Å². The molecule has 92 valence electrons. The van der Waals surface area contributed by atoms with Crippen LogP contribution in [0.1, 0.15) is 23.1 Å². The van der Waals surface area contributed by atoms with Gasteiger partial charge >= 0.3 is 0 Å². The highest BCUT2D eigenvalue weighted by Crippen LogP contribution is 2.27. The molecule has 0 unspecified atom stereocenters. The standard InChI is InChI=1S/C16H16O2/c17-15-6-1-2-7-16(15)18-11-12-8-9-13-4-3-5-14(13)10-12/h1-2,6-10,17H,3-5,11H2. The molecule has 0 saturated heterocycles. The summed E-state index contributed by atoms with van der Waals surface area (Å²) in [7, 11) is 0. The molecule has 1 aliphatic carbocycles. The SMILES string of the molecule is Oc1ccccc1OCc1ccc2c(c1)CCC2. The van der Waals surface area contributed by atoms with Gasteiger partial charge in [0.05, 0.1) is 0 Å². The first kappa shape index (κ1) is 11.1. The molecule has 1 N–H and O–H groups in total. The summed E-state index contributed by atoms with van der Waals surface area (Å²) in [6.45, 7) is 0.505. The van der Waals surface area contributed by atoms with Crippen molar-refractivity contribution in [2.24, 2.45) is 0 Å². The van der Waals surface area contributed by atoms with Gasteiger partial charge in [0.25, 0.3) is 0 Å². The van der Waals surface area contributed by atoms with E-state index in [1.54, 1.807) is 18.2 Å². The minimum Gasteiger partial charge on any atom is -0.504 e. The molecule has 0 aromatic heterocycles. The lowest BCUT2D eigenvalue weighted by atomic mass is 10.1. The molecule has 0 aliphatic heterocycles. The highest BCUT2D eigenvalue weighted by atomic mass is 16.5. The second kappa shape index (κ2) is 4.73. The maximum atomic E-state index is 9.62. The van der Waals surface area contributed by atoms with E-state index in [0.717, 1.165) is 0 Å². The molecule has 0 bridgehead atoms. The number of para-hydroxylation sites is 2. The average Bonchev–Trinajstić information content (AvgIpc) is 2.85. The van der Waals surface area contributed by atoms with Crippen molar-refractivity contribution in [3.8, 4) is 11.5 Å². The highest BCUT2D eigenvalue weighted by Gasteiger charge is 2.11. The Hall–Kier alpha value is -1.96. The number of rotatable bonds is 3. The molecule has 0 spiro atoms. The van der Waals surface area contributed by atoms with E-state index in [1.165, 1.54) is 36.0 Å². The van der Waals surface area contributed by atoms with Crippen LogP contribution in [0.5, 0.6) is 11.5 Å². The van der Waals surface area contributed by atoms with Gasteiger partial charge in [-0.3, -0.25) is 0 Å². The molecule has 0 atom stereocenters. The summed E-state index contributed by atoms with van der Waals surface area (Å²) >= 11 is 0. The zero-order valence-corrected chi connectivity index (χ0v) is 10.2. The molecule has 0 radical (unpaired) electrons. The fourth-order valence-corrected chi connectivity index (χ4v) is 2.46. The summed E-state index contributed by atoms with van der Waals surface area (Å²) in [6.07, 6.45) is 3.65. The molecule has 0 saturated carbocycles. The third-order valence-corrected chi connectivity index (χ3v) is 3.42. The first-order valence-corrected chi connectivity index (χ1v) is 6.34. The predicted octanol–water partition coefficient (Wildman–Crippen LogP) is 3.46. The number of fused-ring (bicyclic) bond motifs is 1. The number of aryl methyl sites for hydroxylation is 2. The Morgan fingerprint density at radius 2 is 1.83 bits per heavy atom. The Morgan fingerprint density at radius 3 is 2.72 bits per heavy atom. The minimum absolute atomic E-state index is 0.193. The summed E-state index contributed by atoms with van der Waals surface area (Å²) in [5.41, 5.74) is 4.09. The minimum atomic E-state index is 0.193. The molecule has 1 aliphatic rings. The van der Waals surface area contributed by atoms with Crippen molar-refractivity contribution in [3.05, 3.63) is 59.2 Å². The van der Waals surface area contributed by atoms with Crippen LogP contribution in [0.15, 0.2) is 42.5 Å². The lowest BCUT2D eigenvalue weighted by molar-refractivity contribution is 0.289. The van der Waals surface area contributed by atoms with Gasteiger partial charge in [-0.15, -0.1) is 0 Å². The van der Waals surface area contributed by atoms with Gasteiger partial charge in [-0.05, 0) is 48.1 Å². The Bertz CT molecular complexity index is 561. The fourth-order valence-electron chi connectivity index (χ4n) is 2.46. The van der Waals surface area contributed by atoms with Crippen LogP contribution >= 0.6 is 0 Å². The maximum Gasteiger partial charge on any atom is 0.161 e. The highest BCUT2D eigenvalue weighted by molar-refractivity contribution is 5.39. The van der Waals surface area contributed by atoms with E-state index >= 15 is 0 Å². The molecule has 3 rings (SSSR count). The van der Waals surface area contributed by atoms with E-state index in [1.807, 2.05) is 6.07 Å². The number of hydrogen-bond donors (Lipinski definition) is 1. The summed E-state index contributed by atoms with van der Waals surface area (Å²) in [6, 6.07) is 13.6. The van der Waals surface area contributed by atoms with E-state index in [2.05, 4.69) is 18.2 Å². The smallest absolute Gasteiger partial charge is 0.161 e. The van der Waals surface area contributed by atoms with E-state index < -0.39 is 0 Å². The van der Waals surface area contributed by atoms with E-state index in [4.69, 9.17) is 4.74 Å². The molecule has 2 heteroatoms. The van der Waals surface area contributed by atoms with Crippen LogP contribution in [-0.4, -0.2) is 5.11 Å². The monoisotopic (exact) mass is 240 g/mol. The summed E-state index contributed by atoms with van der Waals surface area (Å²) < 4.78 is 5.63. The predicted molar refractivity (Wildman–Crippen MR) is 70.9 cm³/mol. The molecule has 0 heterocycles. The van der Waals surface area contributed by atoms with E-state index in [0.29, 0.717) is 12.4 Å². The van der Waals surface area contributed by atoms with Gasteiger partial charge in [0.15, 0.2) is 11.5 Å². The maximum absolute atomic E-state index is 9.62. The van der Waals surface area contributed by atoms with Crippen molar-refractivity contribution in [1.82, 2.24) is 0 Å². The molecule has 2 aromatic rings. The Morgan fingerprint density at radius 1 is 1.00 bits per heavy atom. The normalized spacial score (nSPS) is 13.3. The lowest BCUT2D eigenvalue weighted by Crippen LogP contribution is -1.97. The quantitative estimate of drug-likeness (QED) is 0.890. The first-order valence-electron chi connectivity index (χ1n) is 6.34. The molecule has 2 nitrogen and oxygen atoms in total. The molecular formula is C16H16O2. The summed E-state index contributed by atoms with van der Waals surface area (Å²) in [4.78, 5) is 0. The van der Waals surface area contributed by atoms with Gasteiger partial charge in [-0.1, -0.05) is 30.3 Å². The van der Waals surface area contributed by atoms with Crippen LogP contribution < -0.4 is 4.74 Å². The molecule has 2 aromatic carbocycles. The Balaban J connectivity index is 1.72. The van der Waals surface area contributed by atoms with Gasteiger partial charge in [0.2, 0.25) is 0 Å². The van der Waals surface area contributed by atoms with Crippen LogP contribution in [-0.2, 0) is 19.4 Å². The first-order chi connectivity index (χ1) is 8.83. The Labute approximate surface area is 107 Å². The van der Waals surface area contributed by atoms with Crippen LogP contribution in [0.2, 0.25) is 0 Å². The van der Waals surface area contributed by atoms with Crippen LogP contribution in [0, 0.1) is 0 Å². The van der Waals surface area contributed by atoms with Gasteiger partial charge in [0, 0.05) is 0 Å². The van der Waals surface area contributed by atoms with Crippen LogP contribution in [0.25, 0.3) is 0 Å². The molecule has 18 heavy (non-hydrogen) atoms. The van der Waals surface area contributed by atoms with Crippen molar-refractivity contribution in [1.29, 1.82) is 0 Å². The number of hydrogen-bond acceptors (Lipinski definition) is 2. The van der Waals surface area contributed by atoms with Crippen LogP contribution in [0.3, 0.4) is 0 Å². The number of phenolic OH excluding ortho intramolecular Hbond substituents is 1. The van der Waals surface area contributed by atoms with Gasteiger partial charge in [0.1, 0.15) is 6.61 Å². The van der Waals surface area contributed by atoms with E-state index in [9.17, 15) is 5.11 Å². The summed E-state index contributed by atoms with van der Waals surface area (Å²) in [5.74, 6) is 0.733. The van der Waals surface area contributed by atoms with Crippen molar-refractivity contribution in [3.63, 3.8) is 0 Å². The third-order valence-electron chi connectivity index (χ3n) is 3.42. The zero-order chi connectivity index (χ0) is 12.4. The van der Waals surface area contributed by atoms with Gasteiger partial charge < -0.3 is 9.84 Å². The van der Waals surface area contributed by atoms with Crippen molar-refractivity contribution < 1.29 is 9.84 Å². The average molecular weight is 240 g/mol. The number of phenols is 1. The summed E-state index contributed by atoms with van der Waals surface area (Å²) in [5, 5.41) is 9.62. The zero-order valence-electron chi connectivity index (χ0n) is 10.2. The van der Waals surface area contributed by atoms with Crippen molar-refractivity contribution in [2.45, 2.75) is 25.9 Å². The van der Waals surface area contributed by atoms with Crippen LogP contribution in [0.4, 0.5) is 0 Å². The Kier molecular flexibility index (Phi) is 2.93. The topological polar surface area (TPSA) is 29.5 Å². The molecular weight excluding hydrogens is 224 g/mol. The largest absolute Gasteiger partial charge is 0.504 e. The lowest BCUT2D eigenvalue weighted by Gasteiger charge is -2.09. The number of benzene rings is 2. The van der Waals surface area contributed by atoms with Gasteiger partial charge in [-0.2, -0.15) is 0 Å². The fraction of sp³-hybridized carbons (Fsp3) is 0.250. The second-order valence-electron chi connectivity index (χ2n) is 4.71. The molecule has 0 amide bonds. The number of aromatic hydroxyl groups is 1.